The van der Waals surface area contributed by atoms with Crippen LogP contribution >= 0.6 is 12.4 Å². The van der Waals surface area contributed by atoms with Crippen LogP contribution in [0.15, 0.2) is 18.2 Å². The normalized spacial score (nSPS) is 20.8. The van der Waals surface area contributed by atoms with Gasteiger partial charge in [-0.05, 0) is 68.8 Å². The summed E-state index contributed by atoms with van der Waals surface area (Å²) in [5.74, 6) is 0.219. The van der Waals surface area contributed by atoms with Crippen molar-refractivity contribution >= 4 is 18.3 Å². The number of amides is 1. The van der Waals surface area contributed by atoms with Gasteiger partial charge in [0, 0.05) is 24.7 Å². The van der Waals surface area contributed by atoms with Crippen LogP contribution in [0.3, 0.4) is 0 Å². The molecule has 116 valence electrons. The Balaban J connectivity index is 0.00000161. The number of fused-ring (bicyclic) bond motifs is 1. The average Bonchev–Trinajstić information content (AvgIpc) is 2.94. The number of nitrogens with zero attached hydrogens (tertiary/aromatic N) is 1. The van der Waals surface area contributed by atoms with Crippen LogP contribution in [-0.2, 0) is 12.8 Å². The summed E-state index contributed by atoms with van der Waals surface area (Å²) in [7, 11) is 1.96. The number of halogens is 1. The fourth-order valence-corrected chi connectivity index (χ4v) is 3.58. The molecule has 0 aromatic heterocycles. The minimum Gasteiger partial charge on any atom is -0.334 e. The molecule has 0 spiro atoms. The third-order valence-electron chi connectivity index (χ3n) is 4.67. The van der Waals surface area contributed by atoms with E-state index in [-0.39, 0.29) is 18.3 Å². The molecule has 0 radical (unpaired) electrons. The lowest BCUT2D eigenvalue weighted by atomic mass is 9.90. The first kappa shape index (κ1) is 16.3. The van der Waals surface area contributed by atoms with E-state index in [1.807, 2.05) is 13.1 Å². The Morgan fingerprint density at radius 1 is 1.24 bits per heavy atom. The van der Waals surface area contributed by atoms with Gasteiger partial charge in [0.1, 0.15) is 0 Å². The van der Waals surface area contributed by atoms with Gasteiger partial charge in [0.25, 0.3) is 5.91 Å². The van der Waals surface area contributed by atoms with Crippen molar-refractivity contribution in [1.29, 1.82) is 0 Å². The van der Waals surface area contributed by atoms with Crippen molar-refractivity contribution in [2.24, 2.45) is 0 Å². The molecule has 0 saturated carbocycles. The summed E-state index contributed by atoms with van der Waals surface area (Å²) in [5.41, 5.74) is 3.72. The number of hydrogen-bond donors (Lipinski definition) is 1. The molecule has 1 N–H and O–H groups in total. The first-order valence-corrected chi connectivity index (χ1v) is 7.87. The van der Waals surface area contributed by atoms with Crippen molar-refractivity contribution < 1.29 is 4.79 Å². The number of carbonyl (C=O) groups excluding carboxylic acids is 1. The van der Waals surface area contributed by atoms with Crippen LogP contribution < -0.4 is 5.32 Å². The molecule has 1 saturated heterocycles. The predicted octanol–water partition coefficient (Wildman–Crippen LogP) is 2.81. The highest BCUT2D eigenvalue weighted by Crippen LogP contribution is 2.25. The maximum absolute atomic E-state index is 12.7. The highest BCUT2D eigenvalue weighted by atomic mass is 35.5. The molecule has 1 unspecified atom stereocenters. The number of rotatable bonds is 3. The number of likely N-dealkylation sites (tertiary alicyclic amines) is 1. The Hall–Kier alpha value is -1.06. The Kier molecular flexibility index (Phi) is 5.65. The minimum atomic E-state index is 0. The highest BCUT2D eigenvalue weighted by Gasteiger charge is 2.29. The van der Waals surface area contributed by atoms with Crippen LogP contribution in [0.5, 0.6) is 0 Å². The second-order valence-corrected chi connectivity index (χ2v) is 6.04. The quantitative estimate of drug-likeness (QED) is 0.931. The summed E-state index contributed by atoms with van der Waals surface area (Å²) >= 11 is 0. The summed E-state index contributed by atoms with van der Waals surface area (Å²) in [6.45, 7) is 1.80. The molecular formula is C17H25ClN2O. The van der Waals surface area contributed by atoms with Crippen LogP contribution in [0, 0.1) is 0 Å². The molecule has 0 bridgehead atoms. The number of carbonyl (C=O) groups is 1. The Morgan fingerprint density at radius 3 is 2.76 bits per heavy atom. The molecule has 1 fully saturated rings. The van der Waals surface area contributed by atoms with Crippen molar-refractivity contribution in [1.82, 2.24) is 10.2 Å². The van der Waals surface area contributed by atoms with E-state index >= 15 is 0 Å². The first-order chi connectivity index (χ1) is 9.79. The number of likely N-dealkylation sites (N-methyl/N-ethyl adjacent to an activating group) is 1. The van der Waals surface area contributed by atoms with Crippen LogP contribution in [0.25, 0.3) is 0 Å². The van der Waals surface area contributed by atoms with Gasteiger partial charge in [-0.1, -0.05) is 6.07 Å². The van der Waals surface area contributed by atoms with Gasteiger partial charge in [-0.25, -0.2) is 0 Å². The largest absolute Gasteiger partial charge is 0.334 e. The van der Waals surface area contributed by atoms with Gasteiger partial charge in [-0.3, -0.25) is 4.79 Å². The molecule has 3 rings (SSSR count). The van der Waals surface area contributed by atoms with Gasteiger partial charge in [0.05, 0.1) is 0 Å². The van der Waals surface area contributed by atoms with Gasteiger partial charge >= 0.3 is 0 Å². The molecule has 1 atom stereocenters. The van der Waals surface area contributed by atoms with E-state index in [0.717, 1.165) is 37.9 Å². The minimum absolute atomic E-state index is 0. The summed E-state index contributed by atoms with van der Waals surface area (Å²) in [6, 6.07) is 6.71. The van der Waals surface area contributed by atoms with Crippen molar-refractivity contribution in [2.45, 2.75) is 44.6 Å². The zero-order valence-corrected chi connectivity index (χ0v) is 13.5. The van der Waals surface area contributed by atoms with Crippen LogP contribution in [0.2, 0.25) is 0 Å². The maximum atomic E-state index is 12.7. The van der Waals surface area contributed by atoms with Crippen LogP contribution in [0.4, 0.5) is 0 Å². The first-order valence-electron chi connectivity index (χ1n) is 7.87. The second kappa shape index (κ2) is 7.28. The van der Waals surface area contributed by atoms with Gasteiger partial charge < -0.3 is 10.2 Å². The van der Waals surface area contributed by atoms with Gasteiger partial charge in [-0.2, -0.15) is 0 Å². The molecule has 1 aromatic rings. The third-order valence-corrected chi connectivity index (χ3v) is 4.67. The summed E-state index contributed by atoms with van der Waals surface area (Å²) in [6.07, 6.45) is 7.11. The Bertz CT molecular complexity index is 504. The van der Waals surface area contributed by atoms with E-state index in [2.05, 4.69) is 22.3 Å². The van der Waals surface area contributed by atoms with Crippen molar-refractivity contribution in [3.63, 3.8) is 0 Å². The monoisotopic (exact) mass is 308 g/mol. The number of hydrogen-bond acceptors (Lipinski definition) is 2. The number of nitrogens with one attached hydrogen (secondary N) is 1. The van der Waals surface area contributed by atoms with Gasteiger partial charge in [-0.15, -0.1) is 12.4 Å². The van der Waals surface area contributed by atoms with E-state index in [1.165, 1.54) is 30.4 Å². The summed E-state index contributed by atoms with van der Waals surface area (Å²) < 4.78 is 0. The summed E-state index contributed by atoms with van der Waals surface area (Å²) in [4.78, 5) is 14.8. The van der Waals surface area contributed by atoms with E-state index in [1.54, 1.807) is 0 Å². The molecular weight excluding hydrogens is 284 g/mol. The number of aryl methyl sites for hydroxylation is 2. The fraction of sp³-hybridized carbons (Fsp3) is 0.588. The second-order valence-electron chi connectivity index (χ2n) is 6.04. The lowest BCUT2D eigenvalue weighted by Gasteiger charge is -2.25. The zero-order valence-electron chi connectivity index (χ0n) is 12.7. The van der Waals surface area contributed by atoms with Crippen LogP contribution in [-0.4, -0.2) is 37.0 Å². The molecule has 3 nitrogen and oxygen atoms in total. The summed E-state index contributed by atoms with van der Waals surface area (Å²) in [5, 5.41) is 3.20. The average molecular weight is 309 g/mol. The van der Waals surface area contributed by atoms with E-state index in [0.29, 0.717) is 6.04 Å². The lowest BCUT2D eigenvalue weighted by molar-refractivity contribution is 0.0737. The van der Waals surface area contributed by atoms with Gasteiger partial charge in [0.2, 0.25) is 0 Å². The molecule has 1 amide bonds. The van der Waals surface area contributed by atoms with Crippen molar-refractivity contribution in [2.75, 3.05) is 20.1 Å². The van der Waals surface area contributed by atoms with Crippen LogP contribution in [0.1, 0.15) is 47.2 Å². The van der Waals surface area contributed by atoms with Gasteiger partial charge in [0.15, 0.2) is 0 Å². The third kappa shape index (κ3) is 3.41. The lowest BCUT2D eigenvalue weighted by Crippen LogP contribution is -2.40. The molecule has 4 heteroatoms. The molecule has 1 aromatic carbocycles. The SMILES string of the molecule is CNCC1CCCN1C(=O)c1ccc2c(c1)CCCC2.Cl. The van der Waals surface area contributed by atoms with E-state index < -0.39 is 0 Å². The maximum Gasteiger partial charge on any atom is 0.254 e. The highest BCUT2D eigenvalue weighted by molar-refractivity contribution is 5.95. The van der Waals surface area contributed by atoms with E-state index in [9.17, 15) is 4.79 Å². The van der Waals surface area contributed by atoms with Crippen molar-refractivity contribution in [3.8, 4) is 0 Å². The van der Waals surface area contributed by atoms with Crippen molar-refractivity contribution in [3.05, 3.63) is 34.9 Å². The predicted molar refractivity (Wildman–Crippen MR) is 88.3 cm³/mol. The Labute approximate surface area is 133 Å². The molecule has 21 heavy (non-hydrogen) atoms. The Morgan fingerprint density at radius 2 is 2.00 bits per heavy atom. The zero-order chi connectivity index (χ0) is 13.9. The molecule has 2 aliphatic rings. The standard InChI is InChI=1S/C17H24N2O.ClH/c1-18-12-16-7-4-10-19(16)17(20)15-9-8-13-5-2-3-6-14(13)11-15;/h8-9,11,16,18H,2-7,10,12H2,1H3;1H. The van der Waals surface area contributed by atoms with E-state index in [4.69, 9.17) is 0 Å². The molecule has 1 aliphatic heterocycles. The molecule has 1 heterocycles. The fourth-order valence-electron chi connectivity index (χ4n) is 3.58. The topological polar surface area (TPSA) is 32.3 Å². The smallest absolute Gasteiger partial charge is 0.254 e. The molecule has 1 aliphatic carbocycles. The number of benzene rings is 1.